The summed E-state index contributed by atoms with van der Waals surface area (Å²) in [5.74, 6) is 0. The number of pyridine rings is 1. The number of halogens is 1. The zero-order valence-electron chi connectivity index (χ0n) is 10.1. The highest BCUT2D eigenvalue weighted by Gasteiger charge is 2.17. The third-order valence-corrected chi connectivity index (χ3v) is 2.43. The Morgan fingerprint density at radius 2 is 2.12 bits per heavy atom. The van der Waals surface area contributed by atoms with Crippen LogP contribution in [0.5, 0.6) is 0 Å². The van der Waals surface area contributed by atoms with Crippen LogP contribution in [0.15, 0.2) is 18.2 Å². The van der Waals surface area contributed by atoms with Gasteiger partial charge in [-0.05, 0) is 32.5 Å². The van der Waals surface area contributed by atoms with Crippen molar-refractivity contribution < 1.29 is 5.11 Å². The lowest BCUT2D eigenvalue weighted by Gasteiger charge is -2.27. The molecule has 0 aliphatic heterocycles. The Hall–Kier alpha value is -0.640. The average Bonchev–Trinajstić information content (AvgIpc) is 2.14. The highest BCUT2D eigenvalue weighted by Crippen LogP contribution is 2.10. The number of hydrogen-bond acceptors (Lipinski definition) is 3. The van der Waals surface area contributed by atoms with Gasteiger partial charge in [-0.25, -0.2) is 4.98 Å². The topological polar surface area (TPSA) is 36.4 Å². The van der Waals surface area contributed by atoms with Gasteiger partial charge in [0, 0.05) is 13.1 Å². The molecule has 1 heterocycles. The molecule has 0 saturated carbocycles. The summed E-state index contributed by atoms with van der Waals surface area (Å²) in [6, 6.07) is 5.60. The van der Waals surface area contributed by atoms with E-state index >= 15 is 0 Å². The van der Waals surface area contributed by atoms with Crippen LogP contribution in [0, 0.1) is 0 Å². The second-order valence-electron chi connectivity index (χ2n) is 4.57. The molecule has 90 valence electrons. The zero-order valence-corrected chi connectivity index (χ0v) is 10.8. The molecular formula is C12H19ClN2O. The molecule has 3 nitrogen and oxygen atoms in total. The molecule has 0 radical (unpaired) electrons. The van der Waals surface area contributed by atoms with Crippen molar-refractivity contribution in [3.05, 3.63) is 29.0 Å². The lowest BCUT2D eigenvalue weighted by atomic mass is 10.1. The van der Waals surface area contributed by atoms with Gasteiger partial charge in [-0.2, -0.15) is 0 Å². The van der Waals surface area contributed by atoms with E-state index in [2.05, 4.69) is 16.8 Å². The first-order chi connectivity index (χ1) is 7.40. The highest BCUT2D eigenvalue weighted by molar-refractivity contribution is 6.29. The van der Waals surface area contributed by atoms with Gasteiger partial charge >= 0.3 is 0 Å². The lowest BCUT2D eigenvalue weighted by Crippen LogP contribution is -2.38. The fraction of sp³-hybridized carbons (Fsp3) is 0.583. The van der Waals surface area contributed by atoms with Crippen LogP contribution in [0.3, 0.4) is 0 Å². The van der Waals surface area contributed by atoms with Crippen molar-refractivity contribution in [3.63, 3.8) is 0 Å². The minimum atomic E-state index is -0.686. The third-order valence-electron chi connectivity index (χ3n) is 2.22. The van der Waals surface area contributed by atoms with Crippen LogP contribution < -0.4 is 0 Å². The van der Waals surface area contributed by atoms with Crippen LogP contribution in [0.2, 0.25) is 5.15 Å². The summed E-state index contributed by atoms with van der Waals surface area (Å²) in [7, 11) is 0. The quantitative estimate of drug-likeness (QED) is 0.806. The molecule has 1 aromatic heterocycles. The summed E-state index contributed by atoms with van der Waals surface area (Å²) in [5.41, 5.74) is 0.243. The van der Waals surface area contributed by atoms with E-state index in [0.717, 1.165) is 12.2 Å². The molecule has 0 atom stereocenters. The van der Waals surface area contributed by atoms with E-state index in [1.165, 1.54) is 0 Å². The van der Waals surface area contributed by atoms with E-state index in [1.54, 1.807) is 19.9 Å². The minimum Gasteiger partial charge on any atom is -0.389 e. The molecule has 16 heavy (non-hydrogen) atoms. The van der Waals surface area contributed by atoms with E-state index in [0.29, 0.717) is 18.2 Å². The third kappa shape index (κ3) is 4.92. The van der Waals surface area contributed by atoms with Crippen molar-refractivity contribution in [2.75, 3.05) is 13.1 Å². The van der Waals surface area contributed by atoms with Gasteiger partial charge in [0.25, 0.3) is 0 Å². The van der Waals surface area contributed by atoms with Gasteiger partial charge in [0.2, 0.25) is 0 Å². The Morgan fingerprint density at radius 3 is 2.62 bits per heavy atom. The Kier molecular flexibility index (Phi) is 4.71. The summed E-state index contributed by atoms with van der Waals surface area (Å²) in [4.78, 5) is 6.37. The number of aliphatic hydroxyl groups is 1. The molecule has 0 bridgehead atoms. The molecule has 0 aromatic carbocycles. The predicted molar refractivity (Wildman–Crippen MR) is 66.5 cm³/mol. The monoisotopic (exact) mass is 242 g/mol. The predicted octanol–water partition coefficient (Wildman–Crippen LogP) is 2.33. The van der Waals surface area contributed by atoms with Crippen LogP contribution in [0.1, 0.15) is 26.5 Å². The van der Waals surface area contributed by atoms with Crippen LogP contribution in [0.4, 0.5) is 0 Å². The van der Waals surface area contributed by atoms with Crippen LogP contribution in [-0.4, -0.2) is 33.7 Å². The van der Waals surface area contributed by atoms with E-state index in [1.807, 2.05) is 12.1 Å². The molecule has 0 amide bonds. The number of rotatable bonds is 5. The molecule has 1 aromatic rings. The molecule has 0 unspecified atom stereocenters. The zero-order chi connectivity index (χ0) is 12.2. The van der Waals surface area contributed by atoms with Crippen LogP contribution >= 0.6 is 11.6 Å². The van der Waals surface area contributed by atoms with Gasteiger partial charge in [0.15, 0.2) is 0 Å². The van der Waals surface area contributed by atoms with Crippen molar-refractivity contribution in [1.29, 1.82) is 0 Å². The molecule has 1 rings (SSSR count). The Bertz CT molecular complexity index is 336. The number of nitrogens with zero attached hydrogens (tertiary/aromatic N) is 2. The highest BCUT2D eigenvalue weighted by atomic mass is 35.5. The van der Waals surface area contributed by atoms with Gasteiger partial charge < -0.3 is 5.11 Å². The van der Waals surface area contributed by atoms with Gasteiger partial charge in [-0.3, -0.25) is 4.90 Å². The number of hydrogen-bond donors (Lipinski definition) is 1. The van der Waals surface area contributed by atoms with Gasteiger partial charge in [0.05, 0.1) is 11.3 Å². The summed E-state index contributed by atoms with van der Waals surface area (Å²) < 4.78 is 0. The maximum atomic E-state index is 9.76. The fourth-order valence-electron chi connectivity index (χ4n) is 1.59. The molecule has 0 aliphatic carbocycles. The van der Waals surface area contributed by atoms with Crippen molar-refractivity contribution in [2.24, 2.45) is 0 Å². The normalized spacial score (nSPS) is 12.1. The summed E-state index contributed by atoms with van der Waals surface area (Å²) in [5, 5.41) is 10.3. The maximum Gasteiger partial charge on any atom is 0.129 e. The minimum absolute atomic E-state index is 0.511. The second kappa shape index (κ2) is 5.62. The smallest absolute Gasteiger partial charge is 0.129 e. The van der Waals surface area contributed by atoms with Gasteiger partial charge in [-0.15, -0.1) is 0 Å². The SMILES string of the molecule is CCN(Cc1cccc(Cl)n1)CC(C)(C)O. The molecule has 1 N–H and O–H groups in total. The Labute approximate surface area is 102 Å². The number of likely N-dealkylation sites (N-methyl/N-ethyl adjacent to an activating group) is 1. The largest absolute Gasteiger partial charge is 0.389 e. The molecule has 4 heteroatoms. The van der Waals surface area contributed by atoms with Gasteiger partial charge in [0.1, 0.15) is 5.15 Å². The first-order valence-corrected chi connectivity index (χ1v) is 5.84. The van der Waals surface area contributed by atoms with E-state index in [9.17, 15) is 5.11 Å². The van der Waals surface area contributed by atoms with E-state index in [-0.39, 0.29) is 0 Å². The Morgan fingerprint density at radius 1 is 1.44 bits per heavy atom. The van der Waals surface area contributed by atoms with E-state index in [4.69, 9.17) is 11.6 Å². The summed E-state index contributed by atoms with van der Waals surface area (Å²) >= 11 is 5.83. The average molecular weight is 243 g/mol. The first-order valence-electron chi connectivity index (χ1n) is 5.47. The molecule has 0 aliphatic rings. The van der Waals surface area contributed by atoms with Crippen molar-refractivity contribution in [1.82, 2.24) is 9.88 Å². The summed E-state index contributed by atoms with van der Waals surface area (Å²) in [6.07, 6.45) is 0. The lowest BCUT2D eigenvalue weighted by molar-refractivity contribution is 0.0350. The molecule has 0 saturated heterocycles. The second-order valence-corrected chi connectivity index (χ2v) is 4.95. The fourth-order valence-corrected chi connectivity index (χ4v) is 1.78. The first kappa shape index (κ1) is 13.4. The molecular weight excluding hydrogens is 224 g/mol. The maximum absolute atomic E-state index is 9.76. The number of aromatic nitrogens is 1. The van der Waals surface area contributed by atoms with Crippen molar-refractivity contribution in [3.8, 4) is 0 Å². The molecule has 0 spiro atoms. The van der Waals surface area contributed by atoms with E-state index < -0.39 is 5.60 Å². The van der Waals surface area contributed by atoms with Crippen molar-refractivity contribution in [2.45, 2.75) is 32.9 Å². The van der Waals surface area contributed by atoms with Crippen LogP contribution in [-0.2, 0) is 6.54 Å². The van der Waals surface area contributed by atoms with Crippen LogP contribution in [0.25, 0.3) is 0 Å². The van der Waals surface area contributed by atoms with Gasteiger partial charge in [-0.1, -0.05) is 24.6 Å². The summed E-state index contributed by atoms with van der Waals surface area (Å²) in [6.45, 7) is 7.88. The molecule has 0 fully saturated rings. The standard InChI is InChI=1S/C12H19ClN2O/c1-4-15(9-12(2,3)16)8-10-6-5-7-11(13)14-10/h5-7,16H,4,8-9H2,1-3H3. The van der Waals surface area contributed by atoms with Crippen molar-refractivity contribution >= 4 is 11.6 Å². The Balaban J connectivity index is 2.63.